The fraction of sp³-hybridized carbons (Fsp3) is 0.0286. The molecule has 174 valence electrons. The van der Waals surface area contributed by atoms with Crippen molar-refractivity contribution in [2.75, 3.05) is 0 Å². The third-order valence-corrected chi connectivity index (χ3v) is 13.3. The number of nitrogens with zero attached hydrogens (tertiary/aromatic N) is 1. The van der Waals surface area contributed by atoms with E-state index in [0.717, 1.165) is 0 Å². The maximum atomic E-state index is 2.47. The zero-order valence-corrected chi connectivity index (χ0v) is 21.6. The average molecular weight is 488 g/mol. The Balaban J connectivity index is 1.74. The lowest BCUT2D eigenvalue weighted by atomic mass is 9.95. The minimum absolute atomic E-state index is 1.29. The van der Waals surface area contributed by atoms with Gasteiger partial charge in [-0.1, -0.05) is 127 Å². The van der Waals surface area contributed by atoms with E-state index in [2.05, 4.69) is 145 Å². The molecule has 0 radical (unpaired) electrons. The van der Waals surface area contributed by atoms with E-state index in [-0.39, 0.29) is 0 Å². The molecule has 1 nitrogen and oxygen atoms in total. The molecule has 1 aromatic heterocycles. The van der Waals surface area contributed by atoms with Crippen LogP contribution in [0.2, 0.25) is 0 Å². The van der Waals surface area contributed by atoms with E-state index in [0.29, 0.717) is 0 Å². The number of hydrogen-bond donors (Lipinski definition) is 0. The fourth-order valence-electron chi connectivity index (χ4n) is 7.08. The number of aryl methyl sites for hydroxylation is 1. The highest BCUT2D eigenvalue weighted by atomic mass is 28.3. The average Bonchev–Trinajstić information content (AvgIpc) is 3.45. The van der Waals surface area contributed by atoms with Gasteiger partial charge in [0.2, 0.25) is 0 Å². The molecule has 6 aromatic carbocycles. The molecular formula is C35H25NSi. The minimum Gasteiger partial charge on any atom is -0.344 e. The van der Waals surface area contributed by atoms with Crippen LogP contribution in [0.1, 0.15) is 0 Å². The summed E-state index contributed by atoms with van der Waals surface area (Å²) in [4.78, 5) is 0. The van der Waals surface area contributed by atoms with Crippen LogP contribution in [-0.4, -0.2) is 12.6 Å². The first-order chi connectivity index (χ1) is 18.3. The largest absolute Gasteiger partial charge is 0.344 e. The highest BCUT2D eigenvalue weighted by Gasteiger charge is 2.51. The summed E-state index contributed by atoms with van der Waals surface area (Å²) >= 11 is 0. The molecule has 7 aromatic rings. The van der Waals surface area contributed by atoms with Crippen LogP contribution < -0.4 is 20.7 Å². The molecule has 0 fully saturated rings. The summed E-state index contributed by atoms with van der Waals surface area (Å²) in [7, 11) is -0.361. The van der Waals surface area contributed by atoms with Gasteiger partial charge in [0.15, 0.2) is 8.07 Å². The Hall–Kier alpha value is -4.40. The lowest BCUT2D eigenvalue weighted by Gasteiger charge is -2.32. The molecule has 37 heavy (non-hydrogen) atoms. The van der Waals surface area contributed by atoms with E-state index in [4.69, 9.17) is 0 Å². The van der Waals surface area contributed by atoms with Crippen molar-refractivity contribution in [3.05, 3.63) is 133 Å². The highest BCUT2D eigenvalue weighted by molar-refractivity contribution is 7.23. The lowest BCUT2D eigenvalue weighted by Crippen LogP contribution is -2.73. The molecule has 0 unspecified atom stereocenters. The van der Waals surface area contributed by atoms with E-state index < -0.39 is 8.07 Å². The standard InChI is InChI=1S/C35H25NSi/c1-36-30-22-12-10-20-28(30)32-26-18-8-9-19-27(26)33-29-21-11-13-23-31(29)37(35(33)34(32)36,24-14-4-2-5-15-24)25-16-6-3-7-17-25/h2-23H,1H3. The summed E-state index contributed by atoms with van der Waals surface area (Å²) < 4.78 is 2.47. The van der Waals surface area contributed by atoms with Crippen molar-refractivity contribution >= 4 is 61.4 Å². The maximum absolute atomic E-state index is 2.62. The van der Waals surface area contributed by atoms with E-state index in [1.165, 1.54) is 64.5 Å². The number of benzene rings is 6. The third kappa shape index (κ3) is 2.53. The van der Waals surface area contributed by atoms with Gasteiger partial charge in [-0.15, -0.1) is 0 Å². The van der Waals surface area contributed by atoms with Crippen molar-refractivity contribution in [3.8, 4) is 11.1 Å². The zero-order valence-electron chi connectivity index (χ0n) is 20.6. The van der Waals surface area contributed by atoms with Crippen LogP contribution in [-0.2, 0) is 7.05 Å². The van der Waals surface area contributed by atoms with Gasteiger partial charge in [0.1, 0.15) is 0 Å². The molecule has 0 atom stereocenters. The molecule has 1 aliphatic rings. The highest BCUT2D eigenvalue weighted by Crippen LogP contribution is 2.42. The topological polar surface area (TPSA) is 4.93 Å². The number of rotatable bonds is 2. The molecule has 2 heterocycles. The van der Waals surface area contributed by atoms with Crippen molar-refractivity contribution in [2.45, 2.75) is 0 Å². The predicted octanol–water partition coefficient (Wildman–Crippen LogP) is 5.84. The van der Waals surface area contributed by atoms with Gasteiger partial charge in [0.05, 0.1) is 5.52 Å². The Morgan fingerprint density at radius 3 is 1.76 bits per heavy atom. The van der Waals surface area contributed by atoms with Crippen LogP contribution in [0.25, 0.3) is 43.7 Å². The van der Waals surface area contributed by atoms with Gasteiger partial charge < -0.3 is 4.57 Å². The van der Waals surface area contributed by atoms with Crippen LogP contribution in [0.5, 0.6) is 0 Å². The summed E-state index contributed by atoms with van der Waals surface area (Å²) in [6, 6.07) is 49.8. The molecule has 2 heteroatoms. The van der Waals surface area contributed by atoms with Crippen LogP contribution in [0.15, 0.2) is 133 Å². The number of aromatic nitrogens is 1. The van der Waals surface area contributed by atoms with Crippen molar-refractivity contribution in [1.29, 1.82) is 0 Å². The molecule has 0 N–H and O–H groups in total. The second-order valence-corrected chi connectivity index (χ2v) is 13.8. The van der Waals surface area contributed by atoms with E-state index in [1.807, 2.05) is 0 Å². The number of hydrogen-bond acceptors (Lipinski definition) is 0. The van der Waals surface area contributed by atoms with Gasteiger partial charge in [-0.25, -0.2) is 0 Å². The number of fused-ring (bicyclic) bond motifs is 10. The van der Waals surface area contributed by atoms with E-state index in [1.54, 1.807) is 0 Å². The van der Waals surface area contributed by atoms with Gasteiger partial charge in [0, 0.05) is 23.3 Å². The lowest BCUT2D eigenvalue weighted by molar-refractivity contribution is 1.02. The second-order valence-electron chi connectivity index (χ2n) is 10.1. The Morgan fingerprint density at radius 1 is 0.514 bits per heavy atom. The monoisotopic (exact) mass is 487 g/mol. The van der Waals surface area contributed by atoms with Crippen molar-refractivity contribution in [2.24, 2.45) is 7.05 Å². The predicted molar refractivity (Wildman–Crippen MR) is 161 cm³/mol. The van der Waals surface area contributed by atoms with Gasteiger partial charge in [0.25, 0.3) is 0 Å². The second kappa shape index (κ2) is 7.55. The normalized spacial score (nSPS) is 13.8. The molecule has 0 aliphatic carbocycles. The molecule has 0 amide bonds. The first-order valence-corrected chi connectivity index (χ1v) is 14.9. The maximum Gasteiger partial charge on any atom is 0.183 e. The third-order valence-electron chi connectivity index (χ3n) is 8.45. The first-order valence-electron chi connectivity index (χ1n) is 12.9. The van der Waals surface area contributed by atoms with Gasteiger partial charge >= 0.3 is 0 Å². The Bertz CT molecular complexity index is 1940. The smallest absolute Gasteiger partial charge is 0.183 e. The SMILES string of the molecule is Cn1c2ccccc2c2c3ccccc3c3c(c21)[Si](c1ccccc1)(c1ccccc1)c1ccccc1-3. The molecule has 0 saturated heterocycles. The van der Waals surface area contributed by atoms with Crippen LogP contribution in [0.3, 0.4) is 0 Å². The summed E-state index contributed by atoms with van der Waals surface area (Å²) in [6.45, 7) is 0. The first kappa shape index (κ1) is 20.8. The van der Waals surface area contributed by atoms with Gasteiger partial charge in [-0.2, -0.15) is 0 Å². The van der Waals surface area contributed by atoms with Crippen LogP contribution in [0, 0.1) is 0 Å². The van der Waals surface area contributed by atoms with Crippen molar-refractivity contribution in [1.82, 2.24) is 4.57 Å². The Morgan fingerprint density at radius 2 is 1.05 bits per heavy atom. The van der Waals surface area contributed by atoms with Gasteiger partial charge in [-0.05, 0) is 48.7 Å². The quantitative estimate of drug-likeness (QED) is 0.270. The molecule has 1 aliphatic heterocycles. The number of para-hydroxylation sites is 1. The summed E-state index contributed by atoms with van der Waals surface area (Å²) in [5, 5.41) is 11.3. The molecular weight excluding hydrogens is 462 g/mol. The van der Waals surface area contributed by atoms with Crippen molar-refractivity contribution in [3.63, 3.8) is 0 Å². The van der Waals surface area contributed by atoms with Crippen molar-refractivity contribution < 1.29 is 0 Å². The van der Waals surface area contributed by atoms with E-state index in [9.17, 15) is 0 Å². The van der Waals surface area contributed by atoms with Gasteiger partial charge in [-0.3, -0.25) is 0 Å². The fourth-order valence-corrected chi connectivity index (χ4v) is 12.5. The van der Waals surface area contributed by atoms with Crippen LogP contribution in [0.4, 0.5) is 0 Å². The van der Waals surface area contributed by atoms with E-state index >= 15 is 0 Å². The summed E-state index contributed by atoms with van der Waals surface area (Å²) in [6.07, 6.45) is 0. The summed E-state index contributed by atoms with van der Waals surface area (Å²) in [5.41, 5.74) is 5.48. The molecule has 0 bridgehead atoms. The summed E-state index contributed by atoms with van der Waals surface area (Å²) in [5.74, 6) is 0. The zero-order chi connectivity index (χ0) is 24.6. The van der Waals surface area contributed by atoms with Crippen LogP contribution >= 0.6 is 0 Å². The Kier molecular flexibility index (Phi) is 4.23. The molecule has 8 rings (SSSR count). The molecule has 0 saturated carbocycles. The minimum atomic E-state index is -2.62. The molecule has 0 spiro atoms. The Labute approximate surface area is 217 Å².